The van der Waals surface area contributed by atoms with Gasteiger partial charge in [-0.3, -0.25) is 4.79 Å². The van der Waals surface area contributed by atoms with Crippen LogP contribution in [0.4, 0.5) is 11.5 Å². The molecule has 1 saturated carbocycles. The second-order valence-corrected chi connectivity index (χ2v) is 9.04. The van der Waals surface area contributed by atoms with E-state index in [1.165, 1.54) is 11.8 Å². The molecule has 0 N–H and O–H groups in total. The van der Waals surface area contributed by atoms with E-state index in [0.717, 1.165) is 49.3 Å². The third-order valence-corrected chi connectivity index (χ3v) is 6.78. The van der Waals surface area contributed by atoms with Crippen molar-refractivity contribution < 1.29 is 9.21 Å². The molecule has 6 rings (SSSR count). The van der Waals surface area contributed by atoms with E-state index in [1.54, 1.807) is 6.20 Å². The van der Waals surface area contributed by atoms with Gasteiger partial charge in [0.05, 0.1) is 0 Å². The molecule has 4 heterocycles. The van der Waals surface area contributed by atoms with Crippen LogP contribution in [0.3, 0.4) is 0 Å². The van der Waals surface area contributed by atoms with Crippen molar-refractivity contribution in [2.45, 2.75) is 42.8 Å². The highest BCUT2D eigenvalue weighted by atomic mass is 32.2. The summed E-state index contributed by atoms with van der Waals surface area (Å²) in [4.78, 5) is 26.8. The van der Waals surface area contributed by atoms with Gasteiger partial charge >= 0.3 is 0 Å². The summed E-state index contributed by atoms with van der Waals surface area (Å²) in [7, 11) is 0. The fourth-order valence-electron chi connectivity index (χ4n) is 4.44. The average molecular weight is 435 g/mol. The number of carbonyl (C=O) groups excluding carboxylic acids is 1. The van der Waals surface area contributed by atoms with Crippen LogP contribution < -0.4 is 9.80 Å². The smallest absolute Gasteiger partial charge is 0.263 e. The van der Waals surface area contributed by atoms with Crippen LogP contribution in [0.5, 0.6) is 0 Å². The number of hydrogen-bond acceptors (Lipinski definition) is 8. The topological polar surface area (TPSA) is 88.2 Å². The minimum absolute atomic E-state index is 0.0709. The number of benzene rings is 1. The largest absolute Gasteiger partial charge is 0.420 e. The molecule has 158 valence electrons. The minimum Gasteiger partial charge on any atom is -0.420 e. The molecule has 3 aromatic rings. The third-order valence-electron chi connectivity index (χ3n) is 6.22. The summed E-state index contributed by atoms with van der Waals surface area (Å²) in [5, 5.41) is 9.11. The first-order valence-electron chi connectivity index (χ1n) is 10.6. The lowest BCUT2D eigenvalue weighted by Gasteiger charge is -2.27. The van der Waals surface area contributed by atoms with Gasteiger partial charge in [0.1, 0.15) is 11.4 Å². The Balaban J connectivity index is 1.39. The van der Waals surface area contributed by atoms with Crippen LogP contribution >= 0.6 is 11.8 Å². The highest BCUT2D eigenvalue weighted by molar-refractivity contribution is 7.98. The molecule has 8 nitrogen and oxygen atoms in total. The highest BCUT2D eigenvalue weighted by Gasteiger charge is 2.37. The fourth-order valence-corrected chi connectivity index (χ4v) is 4.78. The molecule has 3 aliphatic rings. The highest BCUT2D eigenvalue weighted by Crippen LogP contribution is 2.40. The van der Waals surface area contributed by atoms with Gasteiger partial charge in [-0.15, -0.1) is 10.2 Å². The van der Waals surface area contributed by atoms with Gasteiger partial charge in [-0.2, -0.15) is 0 Å². The van der Waals surface area contributed by atoms with Crippen LogP contribution in [0.25, 0.3) is 11.5 Å². The third kappa shape index (κ3) is 3.27. The first-order chi connectivity index (χ1) is 15.2. The van der Waals surface area contributed by atoms with Crippen LogP contribution in [-0.2, 0) is 0 Å². The Labute approximate surface area is 184 Å². The maximum Gasteiger partial charge on any atom is 0.263 e. The molecule has 0 spiro atoms. The first kappa shape index (κ1) is 18.8. The number of rotatable bonds is 4. The lowest BCUT2D eigenvalue weighted by Crippen LogP contribution is -2.39. The molecule has 2 fully saturated rings. The van der Waals surface area contributed by atoms with Gasteiger partial charge in [0.15, 0.2) is 5.16 Å². The van der Waals surface area contributed by atoms with Crippen LogP contribution in [0.15, 0.2) is 40.0 Å². The maximum atomic E-state index is 13.6. The van der Waals surface area contributed by atoms with E-state index in [4.69, 9.17) is 9.40 Å². The van der Waals surface area contributed by atoms with Gasteiger partial charge < -0.3 is 14.2 Å². The Morgan fingerprint density at radius 3 is 2.94 bits per heavy atom. The number of carbonyl (C=O) groups is 1. The molecule has 31 heavy (non-hydrogen) atoms. The summed E-state index contributed by atoms with van der Waals surface area (Å²) in [5.74, 6) is 2.31. The van der Waals surface area contributed by atoms with E-state index in [2.05, 4.69) is 20.1 Å². The summed E-state index contributed by atoms with van der Waals surface area (Å²) in [6.45, 7) is 1.53. The summed E-state index contributed by atoms with van der Waals surface area (Å²) >= 11 is 1.49. The first-order valence-corrected chi connectivity index (χ1v) is 11.9. The number of hydrogen-bond donors (Lipinski definition) is 0. The molecule has 1 aromatic carbocycles. The van der Waals surface area contributed by atoms with Crippen molar-refractivity contribution in [3.05, 3.63) is 41.9 Å². The van der Waals surface area contributed by atoms with Gasteiger partial charge in [-0.25, -0.2) is 9.97 Å². The lowest BCUT2D eigenvalue weighted by molar-refractivity contribution is 0.0988. The van der Waals surface area contributed by atoms with Gasteiger partial charge in [0.2, 0.25) is 11.8 Å². The van der Waals surface area contributed by atoms with Gasteiger partial charge in [0.25, 0.3) is 5.91 Å². The van der Waals surface area contributed by atoms with Gasteiger partial charge in [0, 0.05) is 42.5 Å². The average Bonchev–Trinajstić information content (AvgIpc) is 3.38. The normalized spacial score (nSPS) is 20.5. The van der Waals surface area contributed by atoms with E-state index >= 15 is 0 Å². The Morgan fingerprint density at radius 1 is 1.19 bits per heavy atom. The van der Waals surface area contributed by atoms with E-state index < -0.39 is 0 Å². The van der Waals surface area contributed by atoms with E-state index in [1.807, 2.05) is 35.4 Å². The van der Waals surface area contributed by atoms with Crippen LogP contribution in [0.1, 0.15) is 47.8 Å². The SMILES string of the molecule is CSc1ncc2c(n1)N1CCC[C@H]1CN(c1cccc(-c3nnc(C4CC4)o3)c1)C2=O. The molecule has 0 bridgehead atoms. The van der Waals surface area contributed by atoms with Crippen molar-refractivity contribution in [2.75, 3.05) is 29.1 Å². The zero-order valence-corrected chi connectivity index (χ0v) is 18.0. The Hall–Kier alpha value is -2.94. The van der Waals surface area contributed by atoms with Crippen LogP contribution in [0.2, 0.25) is 0 Å². The number of anilines is 2. The van der Waals surface area contributed by atoms with Crippen molar-refractivity contribution >= 4 is 29.2 Å². The number of amides is 1. The Bertz CT molecular complexity index is 1160. The Morgan fingerprint density at radius 2 is 2.10 bits per heavy atom. The second kappa shape index (κ2) is 7.33. The van der Waals surface area contributed by atoms with Crippen molar-refractivity contribution in [3.63, 3.8) is 0 Å². The lowest BCUT2D eigenvalue weighted by atomic mass is 10.1. The maximum absolute atomic E-state index is 13.6. The minimum atomic E-state index is -0.0709. The molecule has 1 amide bonds. The number of aromatic nitrogens is 4. The van der Waals surface area contributed by atoms with Crippen molar-refractivity contribution in [1.82, 2.24) is 20.2 Å². The molecule has 1 aliphatic carbocycles. The zero-order valence-electron chi connectivity index (χ0n) is 17.2. The summed E-state index contributed by atoms with van der Waals surface area (Å²) in [6.07, 6.45) is 7.98. The predicted octanol–water partition coefficient (Wildman–Crippen LogP) is 3.76. The van der Waals surface area contributed by atoms with Crippen molar-refractivity contribution in [2.24, 2.45) is 0 Å². The monoisotopic (exact) mass is 434 g/mol. The molecule has 0 unspecified atom stereocenters. The summed E-state index contributed by atoms with van der Waals surface area (Å²) in [6, 6.07) is 8.04. The fraction of sp³-hybridized carbons (Fsp3) is 0.409. The molecule has 2 aromatic heterocycles. The quantitative estimate of drug-likeness (QED) is 0.453. The molecule has 2 aliphatic heterocycles. The summed E-state index contributed by atoms with van der Waals surface area (Å²) < 4.78 is 5.88. The van der Waals surface area contributed by atoms with Crippen molar-refractivity contribution in [3.8, 4) is 11.5 Å². The molecule has 0 radical (unpaired) electrons. The van der Waals surface area contributed by atoms with E-state index in [-0.39, 0.29) is 11.9 Å². The molecular formula is C22H22N6O2S. The molecular weight excluding hydrogens is 412 g/mol. The van der Waals surface area contributed by atoms with Gasteiger partial charge in [-0.05, 0) is 50.1 Å². The molecule has 9 heteroatoms. The zero-order chi connectivity index (χ0) is 20.9. The summed E-state index contributed by atoms with van der Waals surface area (Å²) in [5.41, 5.74) is 2.20. The number of thioether (sulfide) groups is 1. The molecule has 1 saturated heterocycles. The molecule has 1 atom stereocenters. The predicted molar refractivity (Wildman–Crippen MR) is 118 cm³/mol. The van der Waals surface area contributed by atoms with Crippen molar-refractivity contribution in [1.29, 1.82) is 0 Å². The van der Waals surface area contributed by atoms with Crippen LogP contribution in [-0.4, -0.2) is 51.5 Å². The second-order valence-electron chi connectivity index (χ2n) is 8.27. The number of fused-ring (bicyclic) bond motifs is 3. The van der Waals surface area contributed by atoms with Gasteiger partial charge in [-0.1, -0.05) is 17.8 Å². The van der Waals surface area contributed by atoms with E-state index in [9.17, 15) is 4.79 Å². The van der Waals surface area contributed by atoms with E-state index in [0.29, 0.717) is 35.0 Å². The number of nitrogens with zero attached hydrogens (tertiary/aromatic N) is 6. The Kier molecular flexibility index (Phi) is 4.45. The van der Waals surface area contributed by atoms with Crippen LogP contribution in [0, 0.1) is 0 Å². The standard InChI is InChI=1S/C22H22N6O2S/c1-31-22-23-11-17-18(24-22)27-9-3-6-16(27)12-28(21(17)29)15-5-2-4-14(10-15)20-26-25-19(30-20)13-7-8-13/h2,4-5,10-11,13,16H,3,6-9,12H2,1H3/t16-/m0/s1.